The maximum absolute atomic E-state index is 12.1. The molecule has 1 atom stereocenters. The minimum absolute atomic E-state index is 0. The van der Waals surface area contributed by atoms with Gasteiger partial charge in [-0.25, -0.2) is 13.1 Å². The van der Waals surface area contributed by atoms with Crippen molar-refractivity contribution >= 4 is 22.4 Å². The fourth-order valence-electron chi connectivity index (χ4n) is 1.55. The van der Waals surface area contributed by atoms with E-state index in [-0.39, 0.29) is 23.3 Å². The van der Waals surface area contributed by atoms with Gasteiger partial charge in [0.2, 0.25) is 10.0 Å². The lowest BCUT2D eigenvalue weighted by molar-refractivity contribution is 0.289. The first-order chi connectivity index (χ1) is 9.85. The monoisotopic (exact) mass is 350 g/mol. The number of likely N-dealkylation sites (N-methyl/N-ethyl adjacent to an activating group) is 1. The average molecular weight is 351 g/mol. The van der Waals surface area contributed by atoms with Crippen molar-refractivity contribution in [1.29, 1.82) is 0 Å². The Kier molecular flexibility index (Phi) is 9.67. The third-order valence-electron chi connectivity index (χ3n) is 3.17. The number of benzene rings is 1. The van der Waals surface area contributed by atoms with Gasteiger partial charge in [-0.3, -0.25) is 0 Å². The van der Waals surface area contributed by atoms with Crippen LogP contribution in [0.4, 0.5) is 0 Å². The number of sulfonamides is 1. The Bertz CT molecular complexity index is 518. The minimum Gasteiger partial charge on any atom is -0.494 e. The van der Waals surface area contributed by atoms with E-state index in [0.29, 0.717) is 24.8 Å². The molecule has 2 N–H and O–H groups in total. The van der Waals surface area contributed by atoms with Gasteiger partial charge < -0.3 is 10.1 Å². The normalized spacial score (nSPS) is 12.8. The van der Waals surface area contributed by atoms with Crippen LogP contribution in [0.5, 0.6) is 5.75 Å². The van der Waals surface area contributed by atoms with Crippen molar-refractivity contribution in [3.63, 3.8) is 0 Å². The average Bonchev–Trinajstić information content (AvgIpc) is 2.45. The molecule has 0 radical (unpaired) electrons. The molecule has 0 aliphatic heterocycles. The van der Waals surface area contributed by atoms with E-state index in [1.165, 1.54) is 0 Å². The first-order valence-corrected chi connectivity index (χ1v) is 8.73. The van der Waals surface area contributed by atoms with Crippen molar-refractivity contribution < 1.29 is 13.2 Å². The van der Waals surface area contributed by atoms with Gasteiger partial charge in [0.15, 0.2) is 0 Å². The number of ether oxygens (including phenoxy) is 1. The smallest absolute Gasteiger partial charge is 0.240 e. The number of nitrogens with one attached hydrogen (secondary N) is 2. The fourth-order valence-corrected chi connectivity index (χ4v) is 2.68. The molecule has 5 nitrogen and oxygen atoms in total. The van der Waals surface area contributed by atoms with Crippen molar-refractivity contribution in [1.82, 2.24) is 10.0 Å². The number of halogens is 1. The van der Waals surface area contributed by atoms with E-state index in [4.69, 9.17) is 4.74 Å². The van der Waals surface area contributed by atoms with Crippen molar-refractivity contribution in [2.75, 3.05) is 20.2 Å². The van der Waals surface area contributed by atoms with Crippen molar-refractivity contribution in [3.05, 3.63) is 24.3 Å². The van der Waals surface area contributed by atoms with Gasteiger partial charge in [0.05, 0.1) is 11.5 Å². The van der Waals surface area contributed by atoms with Gasteiger partial charge in [-0.1, -0.05) is 13.8 Å². The zero-order chi connectivity index (χ0) is 15.9. The molecule has 1 aromatic rings. The molecule has 0 spiro atoms. The maximum Gasteiger partial charge on any atom is 0.240 e. The van der Waals surface area contributed by atoms with Crippen LogP contribution >= 0.6 is 12.4 Å². The molecule has 1 rings (SSSR count). The number of rotatable bonds is 9. The summed E-state index contributed by atoms with van der Waals surface area (Å²) in [5.41, 5.74) is 0. The van der Waals surface area contributed by atoms with Gasteiger partial charge in [-0.2, -0.15) is 0 Å². The highest BCUT2D eigenvalue weighted by Gasteiger charge is 2.14. The van der Waals surface area contributed by atoms with E-state index in [1.54, 1.807) is 31.3 Å². The molecule has 0 heterocycles. The molecule has 0 saturated heterocycles. The van der Waals surface area contributed by atoms with Gasteiger partial charge in [0, 0.05) is 12.6 Å². The number of hydrogen-bond donors (Lipinski definition) is 2. The van der Waals surface area contributed by atoms with Crippen molar-refractivity contribution in [3.8, 4) is 5.75 Å². The first kappa shape index (κ1) is 21.2. The Morgan fingerprint density at radius 2 is 1.73 bits per heavy atom. The van der Waals surface area contributed by atoms with Gasteiger partial charge in [-0.05, 0) is 50.6 Å². The lowest BCUT2D eigenvalue weighted by Crippen LogP contribution is -2.37. The fraction of sp³-hybridized carbons (Fsp3) is 0.600. The van der Waals surface area contributed by atoms with Crippen LogP contribution in [-0.4, -0.2) is 34.7 Å². The standard InChI is InChI=1S/C15H26N2O3S.ClH/c1-12(2)9-10-20-14-5-7-15(8-6-14)21(18,19)17-11-13(3)16-4;/h5-8,12-13,16-17H,9-11H2,1-4H3;1H. The zero-order valence-corrected chi connectivity index (χ0v) is 15.3. The summed E-state index contributed by atoms with van der Waals surface area (Å²) in [5, 5.41) is 2.98. The molecule has 1 unspecified atom stereocenters. The summed E-state index contributed by atoms with van der Waals surface area (Å²) < 4.78 is 32.3. The highest BCUT2D eigenvalue weighted by atomic mass is 35.5. The molecule has 0 aliphatic carbocycles. The predicted molar refractivity (Wildman–Crippen MR) is 92.4 cm³/mol. The highest BCUT2D eigenvalue weighted by molar-refractivity contribution is 7.89. The molecule has 0 saturated carbocycles. The molecule has 0 amide bonds. The summed E-state index contributed by atoms with van der Waals surface area (Å²) in [6.45, 7) is 7.18. The second-order valence-electron chi connectivity index (χ2n) is 5.54. The Hall–Kier alpha value is -0.820. The van der Waals surface area contributed by atoms with Gasteiger partial charge >= 0.3 is 0 Å². The van der Waals surface area contributed by atoms with Crippen LogP contribution in [0, 0.1) is 5.92 Å². The Labute approximate surface area is 140 Å². The second-order valence-corrected chi connectivity index (χ2v) is 7.31. The summed E-state index contributed by atoms with van der Waals surface area (Å²) in [6, 6.07) is 6.60. The molecule has 128 valence electrons. The van der Waals surface area contributed by atoms with E-state index in [2.05, 4.69) is 23.9 Å². The molecule has 0 fully saturated rings. The van der Waals surface area contributed by atoms with Crippen LogP contribution in [0.15, 0.2) is 29.2 Å². The van der Waals surface area contributed by atoms with E-state index in [1.807, 2.05) is 6.92 Å². The molecule has 0 aliphatic rings. The summed E-state index contributed by atoms with van der Waals surface area (Å²) in [6.07, 6.45) is 0.976. The van der Waals surface area contributed by atoms with Gasteiger partial charge in [0.1, 0.15) is 5.75 Å². The van der Waals surface area contributed by atoms with Crippen LogP contribution < -0.4 is 14.8 Å². The second kappa shape index (κ2) is 10.0. The molecule has 0 aromatic heterocycles. The predicted octanol–water partition coefficient (Wildman–Crippen LogP) is 2.42. The Balaban J connectivity index is 0.00000441. The molecule has 0 bridgehead atoms. The topological polar surface area (TPSA) is 67.4 Å². The quantitative estimate of drug-likeness (QED) is 0.717. The van der Waals surface area contributed by atoms with Crippen LogP contribution in [0.1, 0.15) is 27.2 Å². The summed E-state index contributed by atoms with van der Waals surface area (Å²) in [7, 11) is -1.67. The molecular formula is C15H27ClN2O3S. The minimum atomic E-state index is -3.46. The van der Waals surface area contributed by atoms with Gasteiger partial charge in [0.25, 0.3) is 0 Å². The maximum atomic E-state index is 12.1. The Morgan fingerprint density at radius 3 is 2.23 bits per heavy atom. The zero-order valence-electron chi connectivity index (χ0n) is 13.6. The van der Waals surface area contributed by atoms with Gasteiger partial charge in [-0.15, -0.1) is 12.4 Å². The third-order valence-corrected chi connectivity index (χ3v) is 4.61. The lowest BCUT2D eigenvalue weighted by Gasteiger charge is -2.12. The van der Waals surface area contributed by atoms with Crippen LogP contribution in [-0.2, 0) is 10.0 Å². The lowest BCUT2D eigenvalue weighted by atomic mass is 10.1. The van der Waals surface area contributed by atoms with E-state index in [9.17, 15) is 8.42 Å². The van der Waals surface area contributed by atoms with Crippen molar-refractivity contribution in [2.45, 2.75) is 38.1 Å². The van der Waals surface area contributed by atoms with Crippen molar-refractivity contribution in [2.24, 2.45) is 5.92 Å². The molecular weight excluding hydrogens is 324 g/mol. The van der Waals surface area contributed by atoms with Crippen LogP contribution in [0.25, 0.3) is 0 Å². The first-order valence-electron chi connectivity index (χ1n) is 7.25. The number of hydrogen-bond acceptors (Lipinski definition) is 4. The van der Waals surface area contributed by atoms with E-state index in [0.717, 1.165) is 6.42 Å². The van der Waals surface area contributed by atoms with Crippen LogP contribution in [0.2, 0.25) is 0 Å². The highest BCUT2D eigenvalue weighted by Crippen LogP contribution is 2.16. The Morgan fingerprint density at radius 1 is 1.14 bits per heavy atom. The SMILES string of the molecule is CNC(C)CNS(=O)(=O)c1ccc(OCCC(C)C)cc1.Cl. The largest absolute Gasteiger partial charge is 0.494 e. The summed E-state index contributed by atoms with van der Waals surface area (Å²) in [5.74, 6) is 1.28. The van der Waals surface area contributed by atoms with E-state index >= 15 is 0 Å². The molecule has 1 aromatic carbocycles. The van der Waals surface area contributed by atoms with Crippen LogP contribution in [0.3, 0.4) is 0 Å². The summed E-state index contributed by atoms with van der Waals surface area (Å²) in [4.78, 5) is 0.252. The molecule has 22 heavy (non-hydrogen) atoms. The third kappa shape index (κ3) is 7.45. The summed E-state index contributed by atoms with van der Waals surface area (Å²) >= 11 is 0. The van der Waals surface area contributed by atoms with E-state index < -0.39 is 10.0 Å². The molecule has 7 heteroatoms.